The summed E-state index contributed by atoms with van der Waals surface area (Å²) in [6, 6.07) is 6.67. The van der Waals surface area contributed by atoms with Crippen LogP contribution in [-0.2, 0) is 6.54 Å². The van der Waals surface area contributed by atoms with Crippen LogP contribution in [0.5, 0.6) is 0 Å². The Hall–Kier alpha value is -0.380. The van der Waals surface area contributed by atoms with Gasteiger partial charge in [-0.15, -0.1) is 0 Å². The van der Waals surface area contributed by atoms with Crippen LogP contribution in [0.15, 0.2) is 22.7 Å². The molecule has 0 spiro atoms. The number of aryl methyl sites for hydroxylation is 1. The van der Waals surface area contributed by atoms with E-state index in [2.05, 4.69) is 46.0 Å². The molecule has 1 unspecified atom stereocenters. The number of hydrogen-bond acceptors (Lipinski definition) is 2. The van der Waals surface area contributed by atoms with Gasteiger partial charge >= 0.3 is 0 Å². The Morgan fingerprint density at radius 2 is 2.28 bits per heavy atom. The van der Waals surface area contributed by atoms with Crippen molar-refractivity contribution in [2.24, 2.45) is 11.7 Å². The molecule has 0 radical (unpaired) electrons. The predicted octanol–water partition coefficient (Wildman–Crippen LogP) is 3.32. The third kappa shape index (κ3) is 3.81. The van der Waals surface area contributed by atoms with Crippen molar-refractivity contribution in [1.82, 2.24) is 4.90 Å². The molecule has 0 amide bonds. The smallest absolute Gasteiger partial charge is 0.0233 e. The summed E-state index contributed by atoms with van der Waals surface area (Å²) in [6.45, 7) is 6.51. The van der Waals surface area contributed by atoms with Gasteiger partial charge in [0, 0.05) is 17.6 Å². The number of nitrogens with two attached hydrogens (primary N) is 1. The van der Waals surface area contributed by atoms with Gasteiger partial charge in [0.1, 0.15) is 0 Å². The summed E-state index contributed by atoms with van der Waals surface area (Å²) in [5.74, 6) is 0.806. The maximum atomic E-state index is 5.67. The molecule has 2 nitrogen and oxygen atoms in total. The average molecular weight is 311 g/mol. The molecule has 0 saturated carbocycles. The largest absolute Gasteiger partial charge is 0.330 e. The summed E-state index contributed by atoms with van der Waals surface area (Å²) in [5.41, 5.74) is 8.41. The highest BCUT2D eigenvalue weighted by molar-refractivity contribution is 9.10. The number of hydrogen-bond donors (Lipinski definition) is 1. The minimum atomic E-state index is 0.806. The van der Waals surface area contributed by atoms with E-state index in [-0.39, 0.29) is 0 Å². The fourth-order valence-corrected chi connectivity index (χ4v) is 3.08. The molecule has 1 aliphatic rings. The first-order valence-electron chi connectivity index (χ1n) is 6.86. The zero-order chi connectivity index (χ0) is 13.0. The molecule has 1 aromatic carbocycles. The maximum absolute atomic E-state index is 5.67. The maximum Gasteiger partial charge on any atom is 0.0233 e. The molecule has 2 rings (SSSR count). The lowest BCUT2D eigenvalue weighted by atomic mass is 9.94. The molecule has 1 atom stereocenters. The van der Waals surface area contributed by atoms with E-state index in [9.17, 15) is 0 Å². The van der Waals surface area contributed by atoms with Crippen LogP contribution < -0.4 is 5.73 Å². The van der Waals surface area contributed by atoms with E-state index < -0.39 is 0 Å². The number of likely N-dealkylation sites (tertiary alicyclic amines) is 1. The van der Waals surface area contributed by atoms with E-state index in [1.165, 1.54) is 48.0 Å². The highest BCUT2D eigenvalue weighted by Gasteiger charge is 2.19. The topological polar surface area (TPSA) is 29.3 Å². The molecule has 3 heteroatoms. The average Bonchev–Trinajstić information content (AvgIpc) is 2.35. The lowest BCUT2D eigenvalue weighted by Crippen LogP contribution is -2.35. The van der Waals surface area contributed by atoms with Crippen molar-refractivity contribution in [1.29, 1.82) is 0 Å². The molecule has 0 aromatic heterocycles. The fourth-order valence-electron chi connectivity index (χ4n) is 2.83. The first-order chi connectivity index (χ1) is 8.69. The van der Waals surface area contributed by atoms with Gasteiger partial charge in [0.25, 0.3) is 0 Å². The van der Waals surface area contributed by atoms with Crippen molar-refractivity contribution in [3.05, 3.63) is 33.8 Å². The zero-order valence-corrected chi connectivity index (χ0v) is 12.7. The van der Waals surface area contributed by atoms with Crippen LogP contribution in [0.4, 0.5) is 0 Å². The normalized spacial score (nSPS) is 21.2. The SMILES string of the molecule is Cc1cc(CN2CCCC(CCN)C2)ccc1Br. The second kappa shape index (κ2) is 6.69. The Kier molecular flexibility index (Phi) is 5.22. The van der Waals surface area contributed by atoms with Crippen LogP contribution in [0.2, 0.25) is 0 Å². The Bertz CT molecular complexity index is 390. The van der Waals surface area contributed by atoms with Crippen LogP contribution in [0.1, 0.15) is 30.4 Å². The van der Waals surface area contributed by atoms with E-state index in [0.29, 0.717) is 0 Å². The number of benzene rings is 1. The Balaban J connectivity index is 1.93. The van der Waals surface area contributed by atoms with E-state index in [0.717, 1.165) is 19.0 Å². The van der Waals surface area contributed by atoms with E-state index in [1.807, 2.05) is 0 Å². The summed E-state index contributed by atoms with van der Waals surface area (Å²) >= 11 is 3.56. The highest BCUT2D eigenvalue weighted by atomic mass is 79.9. The van der Waals surface area contributed by atoms with Crippen LogP contribution in [0.25, 0.3) is 0 Å². The van der Waals surface area contributed by atoms with Gasteiger partial charge < -0.3 is 5.73 Å². The second-order valence-electron chi connectivity index (χ2n) is 5.40. The van der Waals surface area contributed by atoms with Crippen molar-refractivity contribution >= 4 is 15.9 Å². The van der Waals surface area contributed by atoms with Crippen molar-refractivity contribution in [3.63, 3.8) is 0 Å². The highest BCUT2D eigenvalue weighted by Crippen LogP contribution is 2.22. The van der Waals surface area contributed by atoms with Gasteiger partial charge in [-0.1, -0.05) is 28.1 Å². The molecular formula is C15H23BrN2. The quantitative estimate of drug-likeness (QED) is 0.924. The molecule has 0 bridgehead atoms. The van der Waals surface area contributed by atoms with E-state index >= 15 is 0 Å². The number of halogens is 1. The van der Waals surface area contributed by atoms with Crippen LogP contribution >= 0.6 is 15.9 Å². The summed E-state index contributed by atoms with van der Waals surface area (Å²) in [5, 5.41) is 0. The zero-order valence-electron chi connectivity index (χ0n) is 11.2. The standard InChI is InChI=1S/C15H23BrN2/c1-12-9-14(4-5-15(12)16)11-18-8-2-3-13(10-18)6-7-17/h4-5,9,13H,2-3,6-8,10-11,17H2,1H3. The number of rotatable bonds is 4. The minimum absolute atomic E-state index is 0.806. The molecule has 1 fully saturated rings. The molecule has 1 aliphatic heterocycles. The Labute approximate surface area is 119 Å². The summed E-state index contributed by atoms with van der Waals surface area (Å²) < 4.78 is 1.20. The molecule has 1 saturated heterocycles. The van der Waals surface area contributed by atoms with Gasteiger partial charge in [-0.3, -0.25) is 4.90 Å². The van der Waals surface area contributed by atoms with Gasteiger partial charge in [0.15, 0.2) is 0 Å². The van der Waals surface area contributed by atoms with Gasteiger partial charge in [-0.25, -0.2) is 0 Å². The van der Waals surface area contributed by atoms with Crippen molar-refractivity contribution in [2.75, 3.05) is 19.6 Å². The van der Waals surface area contributed by atoms with Gasteiger partial charge in [0.05, 0.1) is 0 Å². The lowest BCUT2D eigenvalue weighted by Gasteiger charge is -2.32. The molecule has 0 aliphatic carbocycles. The first kappa shape index (κ1) is 14.0. The lowest BCUT2D eigenvalue weighted by molar-refractivity contribution is 0.163. The number of nitrogens with zero attached hydrogens (tertiary/aromatic N) is 1. The number of piperidine rings is 1. The molecule has 1 heterocycles. The van der Waals surface area contributed by atoms with Crippen molar-refractivity contribution in [2.45, 2.75) is 32.7 Å². The van der Waals surface area contributed by atoms with Gasteiger partial charge in [0.2, 0.25) is 0 Å². The minimum Gasteiger partial charge on any atom is -0.330 e. The summed E-state index contributed by atoms with van der Waals surface area (Å²) in [6.07, 6.45) is 3.85. The third-order valence-corrected chi connectivity index (χ3v) is 4.70. The van der Waals surface area contributed by atoms with Gasteiger partial charge in [-0.2, -0.15) is 0 Å². The van der Waals surface area contributed by atoms with E-state index in [1.54, 1.807) is 0 Å². The molecule has 18 heavy (non-hydrogen) atoms. The Morgan fingerprint density at radius 1 is 1.44 bits per heavy atom. The first-order valence-corrected chi connectivity index (χ1v) is 7.66. The molecule has 100 valence electrons. The van der Waals surface area contributed by atoms with Crippen molar-refractivity contribution < 1.29 is 0 Å². The fraction of sp³-hybridized carbons (Fsp3) is 0.600. The summed E-state index contributed by atoms with van der Waals surface area (Å²) in [4.78, 5) is 2.58. The van der Waals surface area contributed by atoms with Crippen LogP contribution in [0, 0.1) is 12.8 Å². The van der Waals surface area contributed by atoms with Crippen LogP contribution in [-0.4, -0.2) is 24.5 Å². The second-order valence-corrected chi connectivity index (χ2v) is 6.26. The van der Waals surface area contributed by atoms with E-state index in [4.69, 9.17) is 5.73 Å². The molecular weight excluding hydrogens is 288 g/mol. The monoisotopic (exact) mass is 310 g/mol. The van der Waals surface area contributed by atoms with Crippen molar-refractivity contribution in [3.8, 4) is 0 Å². The molecule has 1 aromatic rings. The third-order valence-electron chi connectivity index (χ3n) is 3.81. The van der Waals surface area contributed by atoms with Gasteiger partial charge in [-0.05, 0) is 62.4 Å². The van der Waals surface area contributed by atoms with Crippen LogP contribution in [0.3, 0.4) is 0 Å². The molecule has 2 N–H and O–H groups in total. The summed E-state index contributed by atoms with van der Waals surface area (Å²) in [7, 11) is 0. The predicted molar refractivity (Wildman–Crippen MR) is 80.6 cm³/mol. The Morgan fingerprint density at radius 3 is 3.00 bits per heavy atom.